The van der Waals surface area contributed by atoms with E-state index in [1.54, 1.807) is 0 Å². The number of thioether (sulfide) groups is 1. The first-order valence-corrected chi connectivity index (χ1v) is 10.2. The van der Waals surface area contributed by atoms with Crippen LogP contribution in [0.25, 0.3) is 11.1 Å². The van der Waals surface area contributed by atoms with Crippen LogP contribution >= 0.6 is 11.8 Å². The van der Waals surface area contributed by atoms with Gasteiger partial charge in [0.05, 0.1) is 11.3 Å². The molecule has 28 heavy (non-hydrogen) atoms. The first-order chi connectivity index (χ1) is 13.5. The number of pyridine rings is 1. The number of carbonyl (C=O) groups is 1. The molecular formula is C24H20N2OS. The third-order valence-electron chi connectivity index (χ3n) is 5.53. The second kappa shape index (κ2) is 7.26. The maximum absolute atomic E-state index is 12.8. The Morgan fingerprint density at radius 1 is 1.07 bits per heavy atom. The van der Waals surface area contributed by atoms with Crippen molar-refractivity contribution >= 4 is 17.5 Å². The molecule has 1 aliphatic rings. The van der Waals surface area contributed by atoms with Crippen LogP contribution in [0.1, 0.15) is 43.9 Å². The standard InChI is InChI=1S/C24H20N2OS/c1-14-15(2)22(12-25)24(26-16(14)3)28-13-23(27)18-8-9-21-19(11-18)10-17-6-4-5-7-20(17)21/h4-9,11H,10,13H2,1-3H3. The number of hydrogen-bond acceptors (Lipinski definition) is 4. The topological polar surface area (TPSA) is 53.8 Å². The van der Waals surface area contributed by atoms with Crippen LogP contribution < -0.4 is 0 Å². The Labute approximate surface area is 169 Å². The van der Waals surface area contributed by atoms with Gasteiger partial charge in [-0.2, -0.15) is 5.26 Å². The van der Waals surface area contributed by atoms with E-state index in [0.29, 0.717) is 10.6 Å². The van der Waals surface area contributed by atoms with Crippen molar-refractivity contribution in [3.8, 4) is 17.2 Å². The van der Waals surface area contributed by atoms with Gasteiger partial charge >= 0.3 is 0 Å². The summed E-state index contributed by atoms with van der Waals surface area (Å²) >= 11 is 1.35. The second-order valence-electron chi connectivity index (χ2n) is 7.16. The van der Waals surface area contributed by atoms with Gasteiger partial charge in [0.1, 0.15) is 11.1 Å². The van der Waals surface area contributed by atoms with Crippen LogP contribution in [0.15, 0.2) is 47.5 Å². The summed E-state index contributed by atoms with van der Waals surface area (Å²) in [5, 5.41) is 10.1. The molecule has 1 aromatic heterocycles. The fraction of sp³-hybridized carbons (Fsp3) is 0.208. The molecule has 2 aromatic carbocycles. The summed E-state index contributed by atoms with van der Waals surface area (Å²) in [6.07, 6.45) is 0.871. The molecule has 0 saturated heterocycles. The number of aryl methyl sites for hydroxylation is 1. The summed E-state index contributed by atoms with van der Waals surface area (Å²) in [6, 6.07) is 16.6. The van der Waals surface area contributed by atoms with Crippen LogP contribution in [0.2, 0.25) is 0 Å². The summed E-state index contributed by atoms with van der Waals surface area (Å²) in [6.45, 7) is 5.85. The summed E-state index contributed by atoms with van der Waals surface area (Å²) in [7, 11) is 0. The molecule has 1 heterocycles. The molecular weight excluding hydrogens is 364 g/mol. The largest absolute Gasteiger partial charge is 0.293 e. The highest BCUT2D eigenvalue weighted by atomic mass is 32.2. The number of benzene rings is 2. The highest BCUT2D eigenvalue weighted by Gasteiger charge is 2.20. The minimum absolute atomic E-state index is 0.0605. The first kappa shape index (κ1) is 18.5. The van der Waals surface area contributed by atoms with Crippen LogP contribution in [0.3, 0.4) is 0 Å². The average molecular weight is 385 g/mol. The van der Waals surface area contributed by atoms with Gasteiger partial charge in [-0.05, 0) is 66.6 Å². The molecule has 3 aromatic rings. The quantitative estimate of drug-likeness (QED) is 0.348. The Hall–Kier alpha value is -2.90. The van der Waals surface area contributed by atoms with E-state index in [2.05, 4.69) is 41.4 Å². The summed E-state index contributed by atoms with van der Waals surface area (Å²) in [5.41, 5.74) is 9.17. The number of nitriles is 1. The number of ketones is 1. The third-order valence-corrected chi connectivity index (χ3v) is 6.51. The van der Waals surface area contributed by atoms with E-state index in [0.717, 1.165) is 28.8 Å². The van der Waals surface area contributed by atoms with Crippen molar-refractivity contribution in [2.45, 2.75) is 32.2 Å². The molecule has 0 N–H and O–H groups in total. The lowest BCUT2D eigenvalue weighted by Crippen LogP contribution is -2.05. The zero-order valence-corrected chi connectivity index (χ0v) is 17.0. The van der Waals surface area contributed by atoms with E-state index in [4.69, 9.17) is 0 Å². The zero-order chi connectivity index (χ0) is 19.8. The van der Waals surface area contributed by atoms with Gasteiger partial charge in [0.2, 0.25) is 0 Å². The maximum Gasteiger partial charge on any atom is 0.173 e. The number of fused-ring (bicyclic) bond motifs is 3. The van der Waals surface area contributed by atoms with Gasteiger partial charge in [0.15, 0.2) is 5.78 Å². The Kier molecular flexibility index (Phi) is 4.78. The molecule has 0 saturated carbocycles. The van der Waals surface area contributed by atoms with Gasteiger partial charge in [0.25, 0.3) is 0 Å². The fourth-order valence-electron chi connectivity index (χ4n) is 3.68. The lowest BCUT2D eigenvalue weighted by Gasteiger charge is -2.11. The van der Waals surface area contributed by atoms with Gasteiger partial charge < -0.3 is 0 Å². The van der Waals surface area contributed by atoms with E-state index < -0.39 is 0 Å². The van der Waals surface area contributed by atoms with Crippen LogP contribution in [0, 0.1) is 32.1 Å². The SMILES string of the molecule is Cc1nc(SCC(=O)c2ccc3c(c2)Cc2ccccc2-3)c(C#N)c(C)c1C. The van der Waals surface area contributed by atoms with Crippen molar-refractivity contribution < 1.29 is 4.79 Å². The minimum atomic E-state index is 0.0605. The van der Waals surface area contributed by atoms with Crippen LogP contribution in [0.5, 0.6) is 0 Å². The Morgan fingerprint density at radius 2 is 1.82 bits per heavy atom. The van der Waals surface area contributed by atoms with E-state index in [9.17, 15) is 10.1 Å². The van der Waals surface area contributed by atoms with Crippen molar-refractivity contribution in [3.63, 3.8) is 0 Å². The molecule has 0 radical (unpaired) electrons. The maximum atomic E-state index is 12.8. The normalized spacial score (nSPS) is 11.6. The van der Waals surface area contributed by atoms with Crippen molar-refractivity contribution in [2.75, 3.05) is 5.75 Å². The smallest absolute Gasteiger partial charge is 0.173 e. The van der Waals surface area contributed by atoms with E-state index in [1.807, 2.05) is 32.9 Å². The van der Waals surface area contributed by atoms with Gasteiger partial charge in [-0.15, -0.1) is 0 Å². The lowest BCUT2D eigenvalue weighted by molar-refractivity contribution is 0.102. The zero-order valence-electron chi connectivity index (χ0n) is 16.2. The third kappa shape index (κ3) is 3.12. The van der Waals surface area contributed by atoms with Gasteiger partial charge in [-0.25, -0.2) is 4.98 Å². The van der Waals surface area contributed by atoms with Gasteiger partial charge in [0, 0.05) is 11.3 Å². The molecule has 4 rings (SSSR count). The Morgan fingerprint density at radius 3 is 2.61 bits per heavy atom. The predicted molar refractivity (Wildman–Crippen MR) is 113 cm³/mol. The highest BCUT2D eigenvalue weighted by Crippen LogP contribution is 2.37. The first-order valence-electron chi connectivity index (χ1n) is 9.24. The number of rotatable bonds is 4. The molecule has 0 fully saturated rings. The Bertz CT molecular complexity index is 1160. The van der Waals surface area contributed by atoms with E-state index in [-0.39, 0.29) is 11.5 Å². The number of nitrogens with zero attached hydrogens (tertiary/aromatic N) is 2. The minimum Gasteiger partial charge on any atom is -0.293 e. The van der Waals surface area contributed by atoms with Crippen LogP contribution in [0.4, 0.5) is 0 Å². The predicted octanol–water partition coefficient (Wildman–Crippen LogP) is 5.42. The van der Waals surface area contributed by atoms with Crippen LogP contribution in [-0.4, -0.2) is 16.5 Å². The molecule has 0 spiro atoms. The molecule has 0 atom stereocenters. The fourth-order valence-corrected chi connectivity index (χ4v) is 4.66. The number of aromatic nitrogens is 1. The number of Topliss-reactive ketones (excluding diaryl/α,β-unsaturated/α-hetero) is 1. The lowest BCUT2D eigenvalue weighted by atomic mass is 10.0. The highest BCUT2D eigenvalue weighted by molar-refractivity contribution is 8.00. The van der Waals surface area contributed by atoms with Crippen LogP contribution in [-0.2, 0) is 6.42 Å². The summed E-state index contributed by atoms with van der Waals surface area (Å²) in [5.74, 6) is 0.334. The van der Waals surface area contributed by atoms with E-state index in [1.165, 1.54) is 34.0 Å². The van der Waals surface area contributed by atoms with Gasteiger partial charge in [-0.3, -0.25) is 4.79 Å². The molecule has 0 aliphatic heterocycles. The number of hydrogen-bond donors (Lipinski definition) is 0. The van der Waals surface area contributed by atoms with Crippen molar-refractivity contribution in [3.05, 3.63) is 81.5 Å². The van der Waals surface area contributed by atoms with Crippen molar-refractivity contribution in [1.82, 2.24) is 4.98 Å². The molecule has 0 unspecified atom stereocenters. The molecule has 0 amide bonds. The molecule has 1 aliphatic carbocycles. The Balaban J connectivity index is 1.55. The molecule has 138 valence electrons. The average Bonchev–Trinajstić information content (AvgIpc) is 3.08. The van der Waals surface area contributed by atoms with E-state index >= 15 is 0 Å². The molecule has 0 bridgehead atoms. The van der Waals surface area contributed by atoms with Gasteiger partial charge in [-0.1, -0.05) is 48.2 Å². The molecule has 4 heteroatoms. The second-order valence-corrected chi connectivity index (χ2v) is 8.12. The summed E-state index contributed by atoms with van der Waals surface area (Å²) < 4.78 is 0. The van der Waals surface area contributed by atoms with Crippen molar-refractivity contribution in [2.24, 2.45) is 0 Å². The summed E-state index contributed by atoms with van der Waals surface area (Å²) in [4.78, 5) is 17.3. The van der Waals surface area contributed by atoms with Crippen molar-refractivity contribution in [1.29, 1.82) is 5.26 Å². The molecule has 3 nitrogen and oxygen atoms in total. The monoisotopic (exact) mass is 384 g/mol. The number of carbonyl (C=O) groups excluding carboxylic acids is 1.